The van der Waals surface area contributed by atoms with Crippen LogP contribution in [0.25, 0.3) is 0 Å². The zero-order chi connectivity index (χ0) is 22.0. The monoisotopic (exact) mass is 458 g/mol. The second-order valence-electron chi connectivity index (χ2n) is 6.79. The van der Waals surface area contributed by atoms with Gasteiger partial charge in [0.15, 0.2) is 0 Å². The summed E-state index contributed by atoms with van der Waals surface area (Å²) < 4.78 is 0. The van der Waals surface area contributed by atoms with E-state index in [0.29, 0.717) is 5.69 Å². The second kappa shape index (κ2) is 8.82. The number of amides is 3. The van der Waals surface area contributed by atoms with Crippen molar-refractivity contribution in [2.75, 3.05) is 11.2 Å². The summed E-state index contributed by atoms with van der Waals surface area (Å²) in [4.78, 5) is 51.3. The number of nitrogens with one attached hydrogen (secondary N) is 3. The van der Waals surface area contributed by atoms with Crippen molar-refractivity contribution in [1.29, 1.82) is 0 Å². The number of hydrogen-bond acceptors (Lipinski definition) is 7. The van der Waals surface area contributed by atoms with Crippen molar-refractivity contribution in [3.8, 4) is 0 Å². The lowest BCUT2D eigenvalue weighted by molar-refractivity contribution is -0.150. The van der Waals surface area contributed by atoms with Crippen molar-refractivity contribution in [2.45, 2.75) is 17.8 Å². The predicted octanol–water partition coefficient (Wildman–Crippen LogP) is 1.17. The molecule has 4 N–H and O–H groups in total. The summed E-state index contributed by atoms with van der Waals surface area (Å²) in [6, 6.07) is 11.7. The van der Waals surface area contributed by atoms with Crippen LogP contribution in [0.15, 0.2) is 59.1 Å². The average Bonchev–Trinajstić information content (AvgIpc) is 3.28. The number of aliphatic carboxylic acids is 1. The van der Waals surface area contributed by atoms with Crippen LogP contribution in [0.4, 0.5) is 5.69 Å². The lowest BCUT2D eigenvalue weighted by atomic mass is 10.0. The Kier molecular flexibility index (Phi) is 5.96. The Hall–Kier alpha value is -3.31. The molecule has 4 rings (SSSR count). The summed E-state index contributed by atoms with van der Waals surface area (Å²) in [7, 11) is 0. The molecule has 0 aliphatic carbocycles. The van der Waals surface area contributed by atoms with Gasteiger partial charge in [-0.2, -0.15) is 0 Å². The largest absolute Gasteiger partial charge is 0.477 e. The highest BCUT2D eigenvalue weighted by Gasteiger charge is 2.54. The van der Waals surface area contributed by atoms with Crippen LogP contribution in [0.5, 0.6) is 0 Å². The topological polar surface area (TPSA) is 128 Å². The summed E-state index contributed by atoms with van der Waals surface area (Å²) >= 11 is 2.68. The first-order chi connectivity index (χ1) is 15.0. The molecule has 2 aliphatic heterocycles. The average molecular weight is 459 g/mol. The van der Waals surface area contributed by atoms with Crippen LogP contribution in [-0.4, -0.2) is 50.9 Å². The van der Waals surface area contributed by atoms with Crippen molar-refractivity contribution in [2.24, 2.45) is 0 Å². The van der Waals surface area contributed by atoms with E-state index in [-0.39, 0.29) is 29.4 Å². The molecule has 2 aliphatic rings. The van der Waals surface area contributed by atoms with E-state index < -0.39 is 29.2 Å². The van der Waals surface area contributed by atoms with Gasteiger partial charge < -0.3 is 10.4 Å². The molecule has 3 heterocycles. The van der Waals surface area contributed by atoms with E-state index >= 15 is 0 Å². The quantitative estimate of drug-likeness (QED) is 0.362. The zero-order valence-corrected chi connectivity index (χ0v) is 17.7. The molecule has 1 unspecified atom stereocenters. The molecule has 0 radical (unpaired) electrons. The predicted molar refractivity (Wildman–Crippen MR) is 116 cm³/mol. The molecule has 0 bridgehead atoms. The van der Waals surface area contributed by atoms with Gasteiger partial charge >= 0.3 is 5.97 Å². The number of para-hydroxylation sites is 1. The number of carbonyl (C=O) groups excluding carboxylic acids is 3. The molecule has 11 heteroatoms. The minimum absolute atomic E-state index is 0.0195. The molecule has 0 spiro atoms. The number of hydrogen-bond donors (Lipinski definition) is 4. The molecule has 3 amide bonds. The summed E-state index contributed by atoms with van der Waals surface area (Å²) in [5, 5.41) is 13.7. The third kappa shape index (κ3) is 4.28. The number of thioether (sulfide) groups is 1. The van der Waals surface area contributed by atoms with Crippen LogP contribution in [0.3, 0.4) is 0 Å². The summed E-state index contributed by atoms with van der Waals surface area (Å²) in [5.41, 5.74) is 5.43. The smallest absolute Gasteiger partial charge is 0.353 e. The fourth-order valence-corrected chi connectivity index (χ4v) is 5.36. The lowest BCUT2D eigenvalue weighted by Gasteiger charge is -2.49. The highest BCUT2D eigenvalue weighted by molar-refractivity contribution is 8.00. The molecule has 31 heavy (non-hydrogen) atoms. The number of thiophene rings is 1. The fraction of sp³-hybridized carbons (Fsp3) is 0.200. The van der Waals surface area contributed by atoms with Gasteiger partial charge in [-0.05, 0) is 23.6 Å². The minimum atomic E-state index is -1.37. The standard InChI is InChI=1S/C20H18N4O5S2/c25-14(9-12-7-4-8-30-12)21-15-18(27)24-16(20(28)29)13(10-31-19(15)24)17(26)23-22-11-5-2-1-3-6-11/h1-8,15,19,22H,9-10H2,(H,21,25)(H,23,26)(H,28,29)/t15?,19-/m1/s1. The van der Waals surface area contributed by atoms with E-state index in [1.165, 1.54) is 23.1 Å². The van der Waals surface area contributed by atoms with Gasteiger partial charge in [-0.3, -0.25) is 30.1 Å². The van der Waals surface area contributed by atoms with Crippen LogP contribution >= 0.6 is 23.1 Å². The number of fused-ring (bicyclic) bond motifs is 1. The van der Waals surface area contributed by atoms with Crippen LogP contribution in [-0.2, 0) is 25.6 Å². The Labute approximate surface area is 185 Å². The molecule has 1 aromatic carbocycles. The molecule has 1 aromatic heterocycles. The van der Waals surface area contributed by atoms with E-state index in [2.05, 4.69) is 16.2 Å². The first kappa shape index (κ1) is 20.9. The van der Waals surface area contributed by atoms with Crippen molar-refractivity contribution in [1.82, 2.24) is 15.6 Å². The molecule has 1 saturated heterocycles. The van der Waals surface area contributed by atoms with Crippen LogP contribution < -0.4 is 16.2 Å². The fourth-order valence-electron chi connectivity index (χ4n) is 3.31. The normalized spacial score (nSPS) is 19.9. The van der Waals surface area contributed by atoms with Gasteiger partial charge in [0, 0.05) is 10.6 Å². The van der Waals surface area contributed by atoms with Crippen LogP contribution in [0, 0.1) is 0 Å². The second-order valence-corrected chi connectivity index (χ2v) is 8.93. The van der Waals surface area contributed by atoms with Gasteiger partial charge in [-0.25, -0.2) is 4.79 Å². The van der Waals surface area contributed by atoms with E-state index in [9.17, 15) is 24.3 Å². The molecule has 9 nitrogen and oxygen atoms in total. The van der Waals surface area contributed by atoms with Gasteiger partial charge in [0.1, 0.15) is 17.1 Å². The van der Waals surface area contributed by atoms with E-state index in [4.69, 9.17) is 0 Å². The van der Waals surface area contributed by atoms with E-state index in [0.717, 1.165) is 9.78 Å². The number of carbonyl (C=O) groups is 4. The summed E-state index contributed by atoms with van der Waals surface area (Å²) in [6.45, 7) is 0. The third-order valence-corrected chi connectivity index (χ3v) is 6.93. The lowest BCUT2D eigenvalue weighted by Crippen LogP contribution is -2.71. The highest BCUT2D eigenvalue weighted by atomic mass is 32.2. The molecule has 2 atom stereocenters. The number of carboxylic acids is 1. The molecule has 160 valence electrons. The number of carboxylic acid groups (broad SMARTS) is 1. The van der Waals surface area contributed by atoms with Crippen molar-refractivity contribution in [3.63, 3.8) is 0 Å². The summed E-state index contributed by atoms with van der Waals surface area (Å²) in [5.74, 6) is -2.76. The van der Waals surface area contributed by atoms with Gasteiger partial charge in [0.25, 0.3) is 11.8 Å². The first-order valence-electron chi connectivity index (χ1n) is 9.30. The third-order valence-electron chi connectivity index (χ3n) is 4.77. The van der Waals surface area contributed by atoms with Crippen molar-refractivity contribution < 1.29 is 24.3 Å². The molecule has 2 aromatic rings. The van der Waals surface area contributed by atoms with Gasteiger partial charge in [0.05, 0.1) is 17.7 Å². The zero-order valence-electron chi connectivity index (χ0n) is 16.0. The number of anilines is 1. The first-order valence-corrected chi connectivity index (χ1v) is 11.2. The van der Waals surface area contributed by atoms with E-state index in [1.807, 2.05) is 23.6 Å². The minimum Gasteiger partial charge on any atom is -0.477 e. The van der Waals surface area contributed by atoms with Crippen LogP contribution in [0.1, 0.15) is 4.88 Å². The maximum absolute atomic E-state index is 12.7. The highest BCUT2D eigenvalue weighted by Crippen LogP contribution is 2.40. The van der Waals surface area contributed by atoms with Gasteiger partial charge in [-0.1, -0.05) is 24.3 Å². The van der Waals surface area contributed by atoms with E-state index in [1.54, 1.807) is 24.3 Å². The summed E-state index contributed by atoms with van der Waals surface area (Å²) in [6.07, 6.45) is 0.152. The molecular weight excluding hydrogens is 440 g/mol. The molecular formula is C20H18N4O5S2. The number of nitrogens with zero attached hydrogens (tertiary/aromatic N) is 1. The Morgan fingerprint density at radius 1 is 1.13 bits per heavy atom. The Balaban J connectivity index is 1.45. The number of rotatable bonds is 7. The Morgan fingerprint density at radius 3 is 2.58 bits per heavy atom. The SMILES string of the molecule is O=C(Cc1cccs1)NC1C(=O)N2C(C(=O)O)=C(C(=O)NNc3ccccc3)CS[C@H]12. The number of benzene rings is 1. The van der Waals surface area contributed by atoms with Crippen LogP contribution in [0.2, 0.25) is 0 Å². The number of β-lactam (4-membered cyclic amide) rings is 1. The van der Waals surface area contributed by atoms with Crippen molar-refractivity contribution in [3.05, 3.63) is 64.0 Å². The number of hydrazine groups is 1. The van der Waals surface area contributed by atoms with Gasteiger partial charge in [-0.15, -0.1) is 23.1 Å². The maximum Gasteiger partial charge on any atom is 0.353 e. The molecule has 0 saturated carbocycles. The maximum atomic E-state index is 12.7. The Bertz CT molecular complexity index is 1050. The van der Waals surface area contributed by atoms with Crippen molar-refractivity contribution >= 4 is 52.5 Å². The molecule has 1 fully saturated rings. The Morgan fingerprint density at radius 2 is 1.90 bits per heavy atom. The van der Waals surface area contributed by atoms with Gasteiger partial charge in [0.2, 0.25) is 5.91 Å².